The molecule has 0 aromatic heterocycles. The van der Waals surface area contributed by atoms with Crippen molar-refractivity contribution in [3.63, 3.8) is 0 Å². The summed E-state index contributed by atoms with van der Waals surface area (Å²) in [5.41, 5.74) is 0. The number of nitrogens with zero attached hydrogens (tertiary/aromatic N) is 1. The van der Waals surface area contributed by atoms with Gasteiger partial charge in [-0.05, 0) is 25.0 Å². The number of rotatable bonds is 4. The maximum atomic E-state index is 13.0. The lowest BCUT2D eigenvalue weighted by Gasteiger charge is -2.21. The summed E-state index contributed by atoms with van der Waals surface area (Å²) in [4.78, 5) is 24.2. The van der Waals surface area contributed by atoms with Crippen LogP contribution in [0, 0.1) is 5.82 Å². The number of halogens is 2. The van der Waals surface area contributed by atoms with E-state index in [2.05, 4.69) is 0 Å². The van der Waals surface area contributed by atoms with Gasteiger partial charge in [0.1, 0.15) is 17.6 Å². The summed E-state index contributed by atoms with van der Waals surface area (Å²) >= 11 is 5.59. The zero-order valence-corrected chi connectivity index (χ0v) is 11.3. The normalized spacial score (nSPS) is 18.1. The van der Waals surface area contributed by atoms with Crippen molar-refractivity contribution >= 4 is 23.5 Å². The second-order valence-corrected chi connectivity index (χ2v) is 4.86. The average molecular weight is 302 g/mol. The van der Waals surface area contributed by atoms with Gasteiger partial charge in [-0.2, -0.15) is 0 Å². The molecule has 1 heterocycles. The van der Waals surface area contributed by atoms with E-state index in [1.807, 2.05) is 0 Å². The molecule has 1 fully saturated rings. The maximum absolute atomic E-state index is 13.0. The first kappa shape index (κ1) is 14.6. The van der Waals surface area contributed by atoms with Crippen molar-refractivity contribution in [1.82, 2.24) is 4.90 Å². The lowest BCUT2D eigenvalue weighted by atomic mass is 10.2. The molecular formula is C13H13ClFNO4. The minimum absolute atomic E-state index is 0.0977. The van der Waals surface area contributed by atoms with Gasteiger partial charge in [-0.15, -0.1) is 0 Å². The van der Waals surface area contributed by atoms with Crippen LogP contribution in [0.1, 0.15) is 12.8 Å². The average Bonchev–Trinajstić information content (AvgIpc) is 2.89. The molecule has 0 saturated carbocycles. The molecule has 0 bridgehead atoms. The number of amides is 1. The standard InChI is InChI=1S/C13H13ClFNO4/c14-9-6-8(3-4-10(9)15)20-7-12(17)16-5-1-2-11(16)13(18)19/h3-4,6,11H,1-2,5,7H2,(H,18,19)/t11-/m1/s1. The van der Waals surface area contributed by atoms with Crippen LogP contribution in [0.5, 0.6) is 5.75 Å². The third-order valence-electron chi connectivity index (χ3n) is 3.11. The van der Waals surface area contributed by atoms with Crippen molar-refractivity contribution in [3.05, 3.63) is 29.0 Å². The predicted molar refractivity (Wildman–Crippen MR) is 69.3 cm³/mol. The largest absolute Gasteiger partial charge is 0.484 e. The zero-order valence-electron chi connectivity index (χ0n) is 10.5. The van der Waals surface area contributed by atoms with Crippen LogP contribution in [-0.4, -0.2) is 41.1 Å². The Morgan fingerprint density at radius 1 is 1.50 bits per heavy atom. The maximum Gasteiger partial charge on any atom is 0.326 e. The van der Waals surface area contributed by atoms with Crippen LogP contribution < -0.4 is 4.74 Å². The van der Waals surface area contributed by atoms with Crippen LogP contribution >= 0.6 is 11.6 Å². The number of ether oxygens (including phenoxy) is 1. The van der Waals surface area contributed by atoms with Crippen LogP contribution in [0.2, 0.25) is 5.02 Å². The molecule has 0 spiro atoms. The monoisotopic (exact) mass is 301 g/mol. The van der Waals surface area contributed by atoms with E-state index in [1.165, 1.54) is 17.0 Å². The minimum atomic E-state index is -1.01. The third-order valence-corrected chi connectivity index (χ3v) is 3.40. The van der Waals surface area contributed by atoms with Gasteiger partial charge in [0.05, 0.1) is 5.02 Å². The number of carbonyl (C=O) groups excluding carboxylic acids is 1. The van der Waals surface area contributed by atoms with E-state index < -0.39 is 23.7 Å². The van der Waals surface area contributed by atoms with Gasteiger partial charge < -0.3 is 14.7 Å². The second-order valence-electron chi connectivity index (χ2n) is 4.45. The topological polar surface area (TPSA) is 66.8 Å². The van der Waals surface area contributed by atoms with Crippen LogP contribution in [0.25, 0.3) is 0 Å². The Hall–Kier alpha value is -1.82. The van der Waals surface area contributed by atoms with Crippen molar-refractivity contribution in [3.8, 4) is 5.75 Å². The molecule has 5 nitrogen and oxygen atoms in total. The Kier molecular flexibility index (Phi) is 4.44. The number of likely N-dealkylation sites (tertiary alicyclic amines) is 1. The summed E-state index contributed by atoms with van der Waals surface area (Å²) in [6.07, 6.45) is 1.11. The fourth-order valence-corrected chi connectivity index (χ4v) is 2.29. The van der Waals surface area contributed by atoms with Crippen molar-refractivity contribution in [2.24, 2.45) is 0 Å². The van der Waals surface area contributed by atoms with Crippen LogP contribution in [0.4, 0.5) is 4.39 Å². The highest BCUT2D eigenvalue weighted by Gasteiger charge is 2.33. The highest BCUT2D eigenvalue weighted by molar-refractivity contribution is 6.30. The van der Waals surface area contributed by atoms with E-state index in [9.17, 15) is 14.0 Å². The molecule has 0 radical (unpaired) electrons. The van der Waals surface area contributed by atoms with Gasteiger partial charge in [0, 0.05) is 12.6 Å². The molecular weight excluding hydrogens is 289 g/mol. The number of hydrogen-bond acceptors (Lipinski definition) is 3. The van der Waals surface area contributed by atoms with Gasteiger partial charge in [0.25, 0.3) is 5.91 Å². The number of carboxylic acid groups (broad SMARTS) is 1. The highest BCUT2D eigenvalue weighted by Crippen LogP contribution is 2.22. The lowest BCUT2D eigenvalue weighted by molar-refractivity contribution is -0.148. The molecule has 1 aliphatic heterocycles. The minimum Gasteiger partial charge on any atom is -0.484 e. The molecule has 2 rings (SSSR count). The van der Waals surface area contributed by atoms with Gasteiger partial charge in [0.2, 0.25) is 0 Å². The Labute approximate surface area is 119 Å². The predicted octanol–water partition coefficient (Wildman–Crippen LogP) is 1.93. The summed E-state index contributed by atoms with van der Waals surface area (Å²) < 4.78 is 18.2. The van der Waals surface area contributed by atoms with Crippen LogP contribution in [0.3, 0.4) is 0 Å². The summed E-state index contributed by atoms with van der Waals surface area (Å²) in [7, 11) is 0. The fraction of sp³-hybridized carbons (Fsp3) is 0.385. The van der Waals surface area contributed by atoms with E-state index in [-0.39, 0.29) is 17.4 Å². The smallest absolute Gasteiger partial charge is 0.326 e. The highest BCUT2D eigenvalue weighted by atomic mass is 35.5. The molecule has 108 valence electrons. The summed E-state index contributed by atoms with van der Waals surface area (Å²) in [6, 6.07) is 2.97. The molecule has 1 saturated heterocycles. The molecule has 1 aliphatic rings. The molecule has 1 aromatic rings. The Morgan fingerprint density at radius 3 is 2.90 bits per heavy atom. The van der Waals surface area contributed by atoms with Gasteiger partial charge in [0.15, 0.2) is 6.61 Å². The molecule has 1 N–H and O–H groups in total. The molecule has 1 amide bonds. The molecule has 1 aromatic carbocycles. The van der Waals surface area contributed by atoms with Crippen LogP contribution in [0.15, 0.2) is 18.2 Å². The van der Waals surface area contributed by atoms with Gasteiger partial charge in [-0.1, -0.05) is 11.6 Å². The quantitative estimate of drug-likeness (QED) is 0.923. The summed E-state index contributed by atoms with van der Waals surface area (Å²) in [5.74, 6) is -1.73. The number of carboxylic acids is 1. The molecule has 0 aliphatic carbocycles. The first-order valence-corrected chi connectivity index (χ1v) is 6.47. The fourth-order valence-electron chi connectivity index (χ4n) is 2.12. The number of benzene rings is 1. The number of aliphatic carboxylic acids is 1. The lowest BCUT2D eigenvalue weighted by Crippen LogP contribution is -2.42. The van der Waals surface area contributed by atoms with E-state index in [0.717, 1.165) is 6.07 Å². The van der Waals surface area contributed by atoms with E-state index in [4.69, 9.17) is 21.4 Å². The first-order chi connectivity index (χ1) is 9.49. The van der Waals surface area contributed by atoms with E-state index in [1.54, 1.807) is 0 Å². The zero-order chi connectivity index (χ0) is 14.7. The van der Waals surface area contributed by atoms with Gasteiger partial charge in [-0.3, -0.25) is 4.79 Å². The number of carbonyl (C=O) groups is 2. The summed E-state index contributed by atoms with van der Waals surface area (Å²) in [6.45, 7) is 0.106. The third kappa shape index (κ3) is 3.19. The molecule has 20 heavy (non-hydrogen) atoms. The Balaban J connectivity index is 1.94. The van der Waals surface area contributed by atoms with E-state index >= 15 is 0 Å². The van der Waals surface area contributed by atoms with Crippen LogP contribution in [-0.2, 0) is 9.59 Å². The van der Waals surface area contributed by atoms with Crippen molar-refractivity contribution in [1.29, 1.82) is 0 Å². The summed E-state index contributed by atoms with van der Waals surface area (Å²) in [5, 5.41) is 8.89. The van der Waals surface area contributed by atoms with Crippen molar-refractivity contribution in [2.45, 2.75) is 18.9 Å². The van der Waals surface area contributed by atoms with Gasteiger partial charge >= 0.3 is 5.97 Å². The Bertz CT molecular complexity index is 537. The molecule has 0 unspecified atom stereocenters. The molecule has 7 heteroatoms. The first-order valence-electron chi connectivity index (χ1n) is 6.09. The van der Waals surface area contributed by atoms with Crippen molar-refractivity contribution in [2.75, 3.05) is 13.2 Å². The Morgan fingerprint density at radius 2 is 2.25 bits per heavy atom. The van der Waals surface area contributed by atoms with E-state index in [0.29, 0.717) is 19.4 Å². The SMILES string of the molecule is O=C(O)[C@H]1CCCN1C(=O)COc1ccc(F)c(Cl)c1. The second kappa shape index (κ2) is 6.09. The van der Waals surface area contributed by atoms with Gasteiger partial charge in [-0.25, -0.2) is 9.18 Å². The molecule has 1 atom stereocenters. The number of hydrogen-bond donors (Lipinski definition) is 1. The van der Waals surface area contributed by atoms with Crippen molar-refractivity contribution < 1.29 is 23.8 Å².